The maximum Gasteiger partial charge on any atom is 0.227 e. The van der Waals surface area contributed by atoms with Crippen molar-refractivity contribution in [2.75, 3.05) is 6.54 Å². The number of ketones is 2. The van der Waals surface area contributed by atoms with E-state index in [0.717, 1.165) is 16.5 Å². The maximum atomic E-state index is 13.8. The van der Waals surface area contributed by atoms with Gasteiger partial charge in [0.2, 0.25) is 11.8 Å². The third kappa shape index (κ3) is 9.53. The number of nitrogens with two attached hydrogens (primary N) is 3. The largest absolute Gasteiger partial charge is 0.370 e. The molecule has 8 N–H and O–H groups in total. The van der Waals surface area contributed by atoms with Gasteiger partial charge >= 0.3 is 0 Å². The molecule has 2 amide bonds. The van der Waals surface area contributed by atoms with Crippen molar-refractivity contribution in [1.29, 1.82) is 0 Å². The number of fused-ring (bicyclic) bond motifs is 1. The second kappa shape index (κ2) is 14.5. The number of carbonyl (C=O) groups excluding carboxylic acids is 4. The molecule has 10 heteroatoms. The Hall–Kier alpha value is -3.69. The number of aliphatic imine (C=N–C) groups is 1. The lowest BCUT2D eigenvalue weighted by Crippen LogP contribution is -2.49. The molecular weight excluding hydrogens is 496 g/mol. The van der Waals surface area contributed by atoms with Crippen LogP contribution in [0.15, 0.2) is 35.5 Å². The number of rotatable bonds is 17. The second-order valence-electron chi connectivity index (χ2n) is 11.0. The molecule has 0 bridgehead atoms. The van der Waals surface area contributed by atoms with Crippen LogP contribution in [0, 0.1) is 17.3 Å². The molecule has 2 rings (SSSR count). The highest BCUT2D eigenvalue weighted by Crippen LogP contribution is 2.32. The number of para-hydroxylation sites is 1. The Morgan fingerprint density at radius 2 is 1.79 bits per heavy atom. The summed E-state index contributed by atoms with van der Waals surface area (Å²) in [7, 11) is 0. The summed E-state index contributed by atoms with van der Waals surface area (Å²) in [6.45, 7) is 7.71. The lowest BCUT2D eigenvalue weighted by molar-refractivity contribution is -0.137. The molecule has 2 aromatic rings. The highest BCUT2D eigenvalue weighted by atomic mass is 16.2. The first-order valence-corrected chi connectivity index (χ1v) is 13.6. The van der Waals surface area contributed by atoms with Crippen LogP contribution in [0.1, 0.15) is 71.8 Å². The number of amides is 2. The zero-order valence-electron chi connectivity index (χ0n) is 23.6. The van der Waals surface area contributed by atoms with E-state index in [9.17, 15) is 19.2 Å². The molecule has 0 fully saturated rings. The number of aromatic amines is 1. The standard InChI is InChI=1S/C29H44N6O4/c1-5-21(36)16-29(4,15-20-17-34-23-10-7-6-9-22(20)23)27(39)35-24(11-8-12-33-28(31)32)25(37)14-19(26(30)38)13-18(2)3/h6-7,9-10,17-19,24,34H,5,8,11-16H2,1-4H3,(H2,30,38)(H,35,39)(H4,31,32,33)/t19-,24+,29+/m1/s1. The number of hydrogen-bond acceptors (Lipinski definition) is 5. The van der Waals surface area contributed by atoms with Crippen LogP contribution < -0.4 is 22.5 Å². The SMILES string of the molecule is CCC(=O)C[C@](C)(Cc1c[nH]c2ccccc12)C(=O)N[C@@H](CCCN=C(N)N)C(=O)C[C@@H](CC(C)C)C(N)=O. The minimum atomic E-state index is -1.10. The summed E-state index contributed by atoms with van der Waals surface area (Å²) in [6, 6.07) is 6.89. The van der Waals surface area contributed by atoms with Crippen molar-refractivity contribution in [1.82, 2.24) is 10.3 Å². The van der Waals surface area contributed by atoms with Crippen molar-refractivity contribution in [2.24, 2.45) is 39.4 Å². The lowest BCUT2D eigenvalue weighted by atomic mass is 9.77. The Balaban J connectivity index is 2.33. The number of Topliss-reactive ketones (excluding diaryl/α,β-unsaturated/α-hetero) is 2. The first kappa shape index (κ1) is 31.5. The normalized spacial score (nSPS) is 14.4. The summed E-state index contributed by atoms with van der Waals surface area (Å²) in [5.41, 5.74) is 17.2. The fraction of sp³-hybridized carbons (Fsp3) is 0.552. The number of nitrogens with one attached hydrogen (secondary N) is 2. The molecule has 3 atom stereocenters. The van der Waals surface area contributed by atoms with E-state index in [1.165, 1.54) is 0 Å². The molecule has 0 saturated carbocycles. The topological polar surface area (TPSA) is 187 Å². The predicted molar refractivity (Wildman–Crippen MR) is 154 cm³/mol. The van der Waals surface area contributed by atoms with Crippen molar-refractivity contribution >= 4 is 40.2 Å². The van der Waals surface area contributed by atoms with Gasteiger partial charge in [-0.15, -0.1) is 0 Å². The first-order chi connectivity index (χ1) is 18.4. The number of H-pyrrole nitrogens is 1. The number of carbonyl (C=O) groups is 4. The van der Waals surface area contributed by atoms with Crippen LogP contribution in [0.5, 0.6) is 0 Å². The van der Waals surface area contributed by atoms with E-state index in [2.05, 4.69) is 15.3 Å². The Kier molecular flexibility index (Phi) is 11.7. The van der Waals surface area contributed by atoms with Gasteiger partial charge in [-0.1, -0.05) is 45.9 Å². The molecular formula is C29H44N6O4. The summed E-state index contributed by atoms with van der Waals surface area (Å²) in [5.74, 6) is -1.78. The third-order valence-electron chi connectivity index (χ3n) is 7.03. The van der Waals surface area contributed by atoms with Crippen LogP contribution in [0.2, 0.25) is 0 Å². The molecule has 0 spiro atoms. The molecule has 0 radical (unpaired) electrons. The van der Waals surface area contributed by atoms with E-state index >= 15 is 0 Å². The number of aromatic nitrogens is 1. The van der Waals surface area contributed by atoms with Crippen molar-refractivity contribution < 1.29 is 19.2 Å². The number of hydrogen-bond donors (Lipinski definition) is 5. The summed E-state index contributed by atoms with van der Waals surface area (Å²) in [5, 5.41) is 3.89. The van der Waals surface area contributed by atoms with Crippen molar-refractivity contribution in [3.8, 4) is 0 Å². The van der Waals surface area contributed by atoms with Crippen LogP contribution >= 0.6 is 0 Å². The van der Waals surface area contributed by atoms with Crippen molar-refractivity contribution in [2.45, 2.75) is 78.7 Å². The van der Waals surface area contributed by atoms with Gasteiger partial charge in [-0.05, 0) is 43.2 Å². The lowest BCUT2D eigenvalue weighted by Gasteiger charge is -2.30. The summed E-state index contributed by atoms with van der Waals surface area (Å²) in [6.07, 6.45) is 3.60. The van der Waals surface area contributed by atoms with Gasteiger partial charge in [0, 0.05) is 48.8 Å². The molecule has 0 aliphatic carbocycles. The Labute approximate surface area is 230 Å². The number of guanidine groups is 1. The highest BCUT2D eigenvalue weighted by molar-refractivity contribution is 5.95. The number of nitrogens with zero attached hydrogens (tertiary/aromatic N) is 1. The zero-order valence-corrected chi connectivity index (χ0v) is 23.6. The van der Waals surface area contributed by atoms with Gasteiger partial charge in [0.05, 0.1) is 11.5 Å². The average molecular weight is 541 g/mol. The maximum absolute atomic E-state index is 13.8. The van der Waals surface area contributed by atoms with Gasteiger partial charge in [-0.2, -0.15) is 0 Å². The van der Waals surface area contributed by atoms with Crippen LogP contribution in [0.3, 0.4) is 0 Å². The monoisotopic (exact) mass is 540 g/mol. The Bertz CT molecular complexity index is 1180. The molecule has 1 aromatic carbocycles. The van der Waals surface area contributed by atoms with E-state index in [1.807, 2.05) is 44.3 Å². The molecule has 0 unspecified atom stereocenters. The first-order valence-electron chi connectivity index (χ1n) is 13.6. The Morgan fingerprint density at radius 3 is 2.41 bits per heavy atom. The molecule has 1 aromatic heterocycles. The summed E-state index contributed by atoms with van der Waals surface area (Å²) in [4.78, 5) is 59.1. The number of benzene rings is 1. The van der Waals surface area contributed by atoms with E-state index in [0.29, 0.717) is 25.7 Å². The summed E-state index contributed by atoms with van der Waals surface area (Å²) < 4.78 is 0. The number of primary amides is 1. The van der Waals surface area contributed by atoms with Crippen LogP contribution in [0.25, 0.3) is 10.9 Å². The molecule has 0 saturated heterocycles. The summed E-state index contributed by atoms with van der Waals surface area (Å²) >= 11 is 0. The van der Waals surface area contributed by atoms with E-state index in [4.69, 9.17) is 17.2 Å². The fourth-order valence-electron chi connectivity index (χ4n) is 4.89. The van der Waals surface area contributed by atoms with Crippen molar-refractivity contribution in [3.05, 3.63) is 36.0 Å². The molecule has 0 aliphatic rings. The van der Waals surface area contributed by atoms with Gasteiger partial charge in [-0.25, -0.2) is 0 Å². The van der Waals surface area contributed by atoms with Gasteiger partial charge < -0.3 is 27.5 Å². The molecule has 10 nitrogen and oxygen atoms in total. The molecule has 39 heavy (non-hydrogen) atoms. The quantitative estimate of drug-likeness (QED) is 0.117. The zero-order chi connectivity index (χ0) is 29.2. The Morgan fingerprint density at radius 1 is 1.10 bits per heavy atom. The minimum Gasteiger partial charge on any atom is -0.370 e. The highest BCUT2D eigenvalue weighted by Gasteiger charge is 2.38. The molecule has 214 valence electrons. The fourth-order valence-corrected chi connectivity index (χ4v) is 4.89. The van der Waals surface area contributed by atoms with E-state index < -0.39 is 29.2 Å². The average Bonchev–Trinajstić information content (AvgIpc) is 3.26. The van der Waals surface area contributed by atoms with Crippen LogP contribution in [0.4, 0.5) is 0 Å². The van der Waals surface area contributed by atoms with E-state index in [-0.39, 0.29) is 49.3 Å². The minimum absolute atomic E-state index is 0.0288. The molecule has 0 aliphatic heterocycles. The van der Waals surface area contributed by atoms with Gasteiger partial charge in [0.25, 0.3) is 0 Å². The van der Waals surface area contributed by atoms with Gasteiger partial charge in [0.1, 0.15) is 5.78 Å². The van der Waals surface area contributed by atoms with Crippen molar-refractivity contribution in [3.63, 3.8) is 0 Å². The van der Waals surface area contributed by atoms with Gasteiger partial charge in [-0.3, -0.25) is 24.2 Å². The van der Waals surface area contributed by atoms with Gasteiger partial charge in [0.15, 0.2) is 11.7 Å². The van der Waals surface area contributed by atoms with Crippen LogP contribution in [-0.4, -0.2) is 46.9 Å². The van der Waals surface area contributed by atoms with E-state index in [1.54, 1.807) is 13.8 Å². The predicted octanol–water partition coefficient (Wildman–Crippen LogP) is 2.73. The third-order valence-corrected chi connectivity index (χ3v) is 7.03. The smallest absolute Gasteiger partial charge is 0.227 e. The molecule has 1 heterocycles. The van der Waals surface area contributed by atoms with Crippen LogP contribution in [-0.2, 0) is 25.6 Å². The second-order valence-corrected chi connectivity index (χ2v) is 11.0.